The van der Waals surface area contributed by atoms with Gasteiger partial charge >= 0.3 is 0 Å². The molecule has 0 unspecified atom stereocenters. The predicted octanol–water partition coefficient (Wildman–Crippen LogP) is 12.8. The lowest BCUT2D eigenvalue weighted by molar-refractivity contribution is 0.669. The molecule has 0 spiro atoms. The zero-order valence-corrected chi connectivity index (χ0v) is 35.6. The number of hydrogen-bond acceptors (Lipinski definition) is 1. The van der Waals surface area contributed by atoms with Gasteiger partial charge in [0, 0.05) is 38.7 Å². The molecule has 64 heavy (non-hydrogen) atoms. The Bertz CT molecular complexity index is 4010. The fourth-order valence-corrected chi connectivity index (χ4v) is 15.2. The van der Waals surface area contributed by atoms with Gasteiger partial charge in [-0.05, 0) is 68.2 Å². The van der Waals surface area contributed by atoms with E-state index in [-0.39, 0.29) is 24.2 Å². The van der Waals surface area contributed by atoms with E-state index in [1.165, 1.54) is 26.3 Å². The monoisotopic (exact) mass is 836 g/mol. The number of benzene rings is 10. The van der Waals surface area contributed by atoms with E-state index in [2.05, 4.69) is 191 Å². The van der Waals surface area contributed by atoms with Crippen LogP contribution in [0, 0.1) is 0 Å². The summed E-state index contributed by atoms with van der Waals surface area (Å²) in [5, 5.41) is 10.0. The van der Waals surface area contributed by atoms with Crippen LogP contribution in [0.4, 0.5) is 0 Å². The summed E-state index contributed by atoms with van der Waals surface area (Å²) in [6.45, 7) is 0. The van der Waals surface area contributed by atoms with Crippen LogP contribution in [0.5, 0.6) is 0 Å². The third kappa shape index (κ3) is 5.33. The zero-order valence-electron chi connectivity index (χ0n) is 38.6. The van der Waals surface area contributed by atoms with Crippen LogP contribution in [0.15, 0.2) is 247 Å². The van der Waals surface area contributed by atoms with Crippen LogP contribution in [0.1, 0.15) is 5.48 Å². The van der Waals surface area contributed by atoms with Gasteiger partial charge in [0.05, 0.1) is 38.6 Å². The summed E-state index contributed by atoms with van der Waals surface area (Å²) in [4.78, 5) is 0. The van der Waals surface area contributed by atoms with Crippen LogP contribution in [-0.4, -0.2) is 17.2 Å². The number of rotatable bonds is 7. The van der Waals surface area contributed by atoms with Gasteiger partial charge in [-0.15, -0.1) is 0 Å². The van der Waals surface area contributed by atoms with E-state index in [0.717, 1.165) is 66.0 Å². The Morgan fingerprint density at radius 2 is 0.875 bits per heavy atom. The van der Waals surface area contributed by atoms with Crippen molar-refractivity contribution in [1.82, 2.24) is 9.13 Å². The Morgan fingerprint density at radius 1 is 0.375 bits per heavy atom. The summed E-state index contributed by atoms with van der Waals surface area (Å²) in [5.74, 6) is 0. The quantitative estimate of drug-likeness (QED) is 0.116. The molecule has 0 radical (unpaired) electrons. The van der Waals surface area contributed by atoms with E-state index in [1.54, 1.807) is 0 Å². The number of furan rings is 1. The number of nitrogens with zero attached hydrogens (tertiary/aromatic N) is 2. The van der Waals surface area contributed by atoms with Crippen molar-refractivity contribution in [3.05, 3.63) is 243 Å². The Hall–Kier alpha value is -8.18. The lowest BCUT2D eigenvalue weighted by Gasteiger charge is -2.34. The van der Waals surface area contributed by atoms with Gasteiger partial charge in [0.25, 0.3) is 0 Å². The molecule has 0 aliphatic carbocycles. The standard InChI is InChI=1S/C60H40N2OSi/c1-4-18-41(19-5-1)42-32-36-46(37-33-42)64(44-20-6-2-7-21-44,45-22-8-3-9-23-45)47-38-34-43(35-39-47)61-54-30-16-12-26-50(54)58-55(40-57-59(60(58)61)51-27-13-17-31-56(51)63-57)62-52-28-14-10-24-48(52)49-25-11-15-29-53(49)62/h1-40H/i12D,16D,26D,30D. The molecule has 0 fully saturated rings. The minimum atomic E-state index is -2.99. The topological polar surface area (TPSA) is 23.0 Å². The molecule has 3 nitrogen and oxygen atoms in total. The highest BCUT2D eigenvalue weighted by Gasteiger charge is 2.41. The summed E-state index contributed by atoms with van der Waals surface area (Å²) in [5.41, 5.74) is 8.37. The van der Waals surface area contributed by atoms with Crippen molar-refractivity contribution in [2.24, 2.45) is 0 Å². The smallest absolute Gasteiger partial charge is 0.179 e. The number of para-hydroxylation sites is 4. The van der Waals surface area contributed by atoms with Gasteiger partial charge in [-0.3, -0.25) is 0 Å². The highest BCUT2D eigenvalue weighted by Crippen LogP contribution is 2.45. The van der Waals surface area contributed by atoms with Crippen molar-refractivity contribution in [3.63, 3.8) is 0 Å². The Kier molecular flexibility index (Phi) is 7.34. The maximum Gasteiger partial charge on any atom is 0.179 e. The Labute approximate surface area is 376 Å². The fourth-order valence-electron chi connectivity index (χ4n) is 10.5. The summed E-state index contributed by atoms with van der Waals surface area (Å²) in [6, 6.07) is 76.1. The molecule has 0 saturated heterocycles. The highest BCUT2D eigenvalue weighted by molar-refractivity contribution is 7.19. The number of fused-ring (bicyclic) bond motifs is 10. The maximum atomic E-state index is 9.71. The van der Waals surface area contributed by atoms with E-state index in [9.17, 15) is 2.74 Å². The fraction of sp³-hybridized carbons (Fsp3) is 0. The van der Waals surface area contributed by atoms with Crippen LogP contribution in [0.3, 0.4) is 0 Å². The molecule has 0 aliphatic heterocycles. The van der Waals surface area contributed by atoms with Crippen LogP contribution >= 0.6 is 0 Å². The molecular formula is C60H40N2OSi. The van der Waals surface area contributed by atoms with E-state index >= 15 is 0 Å². The van der Waals surface area contributed by atoms with E-state index < -0.39 is 8.07 Å². The number of hydrogen-bond donors (Lipinski definition) is 0. The van der Waals surface area contributed by atoms with Crippen molar-refractivity contribution in [3.8, 4) is 22.5 Å². The Balaban J connectivity index is 1.14. The van der Waals surface area contributed by atoms with Gasteiger partial charge in [0.1, 0.15) is 11.2 Å². The lowest BCUT2D eigenvalue weighted by Crippen LogP contribution is -2.74. The van der Waals surface area contributed by atoms with Crippen molar-refractivity contribution >= 4 is 94.4 Å². The first-order valence-electron chi connectivity index (χ1n) is 23.7. The lowest BCUT2D eigenvalue weighted by atomic mass is 10.1. The second-order valence-electron chi connectivity index (χ2n) is 16.5. The molecule has 4 heteroatoms. The summed E-state index contributed by atoms with van der Waals surface area (Å²) >= 11 is 0. The SMILES string of the molecule is [2H]c1c([2H])c([2H])c2c(c1[2H])c1c(-n3c4ccccc4c4ccccc43)cc3oc4ccccc4c3c1n2-c1ccc([Si](c2ccccc2)(c2ccccc2)c2ccc(-c3ccccc3)cc2)cc1. The second-order valence-corrected chi connectivity index (χ2v) is 20.3. The third-order valence-electron chi connectivity index (χ3n) is 13.2. The summed E-state index contributed by atoms with van der Waals surface area (Å²) in [7, 11) is -2.99. The van der Waals surface area contributed by atoms with E-state index in [0.29, 0.717) is 16.5 Å². The van der Waals surface area contributed by atoms with Crippen LogP contribution in [0.25, 0.3) is 88.1 Å². The molecule has 0 atom stereocenters. The normalized spacial score (nSPS) is 12.9. The van der Waals surface area contributed by atoms with Gasteiger partial charge < -0.3 is 13.6 Å². The molecule has 300 valence electrons. The summed E-state index contributed by atoms with van der Waals surface area (Å²) < 4.78 is 48.7. The van der Waals surface area contributed by atoms with Crippen LogP contribution in [0.2, 0.25) is 0 Å². The molecule has 3 aromatic heterocycles. The van der Waals surface area contributed by atoms with E-state index in [4.69, 9.17) is 7.16 Å². The average Bonchev–Trinajstić information content (AvgIpc) is 4.07. The largest absolute Gasteiger partial charge is 0.456 e. The molecule has 3 heterocycles. The molecule has 13 rings (SSSR count). The molecule has 0 amide bonds. The maximum absolute atomic E-state index is 9.71. The van der Waals surface area contributed by atoms with Gasteiger partial charge in [-0.25, -0.2) is 0 Å². The summed E-state index contributed by atoms with van der Waals surface area (Å²) in [6.07, 6.45) is 0. The van der Waals surface area contributed by atoms with Crippen LogP contribution in [-0.2, 0) is 0 Å². The molecule has 0 bridgehead atoms. The molecule has 10 aromatic carbocycles. The van der Waals surface area contributed by atoms with Crippen molar-refractivity contribution in [2.45, 2.75) is 0 Å². The third-order valence-corrected chi connectivity index (χ3v) is 18.0. The highest BCUT2D eigenvalue weighted by atomic mass is 28.3. The Morgan fingerprint density at radius 3 is 1.52 bits per heavy atom. The predicted molar refractivity (Wildman–Crippen MR) is 271 cm³/mol. The number of aromatic nitrogens is 2. The first-order valence-corrected chi connectivity index (χ1v) is 23.7. The molecule has 0 N–H and O–H groups in total. The minimum absolute atomic E-state index is 0.0888. The molecule has 13 aromatic rings. The average molecular weight is 837 g/mol. The molecule has 0 saturated carbocycles. The van der Waals surface area contributed by atoms with Crippen LogP contribution < -0.4 is 20.7 Å². The van der Waals surface area contributed by atoms with E-state index in [1.807, 2.05) is 36.4 Å². The minimum Gasteiger partial charge on any atom is -0.456 e. The van der Waals surface area contributed by atoms with Crippen molar-refractivity contribution in [2.75, 3.05) is 0 Å². The molecular weight excluding hydrogens is 793 g/mol. The van der Waals surface area contributed by atoms with Gasteiger partial charge in [0.15, 0.2) is 8.07 Å². The first-order chi connectivity index (χ1) is 33.4. The second kappa shape index (κ2) is 14.5. The van der Waals surface area contributed by atoms with Gasteiger partial charge in [-0.1, -0.05) is 200 Å². The zero-order chi connectivity index (χ0) is 45.7. The first kappa shape index (κ1) is 32.5. The van der Waals surface area contributed by atoms with Crippen molar-refractivity contribution in [1.29, 1.82) is 0 Å². The van der Waals surface area contributed by atoms with Crippen molar-refractivity contribution < 1.29 is 9.90 Å². The van der Waals surface area contributed by atoms with Gasteiger partial charge in [0.2, 0.25) is 0 Å². The molecule has 0 aliphatic rings. The van der Waals surface area contributed by atoms with Gasteiger partial charge in [-0.2, -0.15) is 0 Å².